The molecule has 0 atom stereocenters. The second-order valence-electron chi connectivity index (χ2n) is 3.69. The van der Waals surface area contributed by atoms with Gasteiger partial charge in [-0.2, -0.15) is 0 Å². The first-order valence-electron chi connectivity index (χ1n) is 5.11. The minimum atomic E-state index is 0.497. The molecule has 0 aliphatic heterocycles. The molecular weight excluding hydrogens is 204 g/mol. The molecule has 0 amide bonds. The van der Waals surface area contributed by atoms with Crippen molar-refractivity contribution < 1.29 is 4.42 Å². The predicted octanol–water partition coefficient (Wildman–Crippen LogP) is 2.00. The quantitative estimate of drug-likeness (QED) is 0.853. The minimum absolute atomic E-state index is 0.497. The summed E-state index contributed by atoms with van der Waals surface area (Å²) >= 11 is 0. The number of oxazole rings is 1. The molecule has 0 saturated carbocycles. The molecule has 1 N–H and O–H groups in total. The average molecular weight is 218 g/mol. The van der Waals surface area contributed by atoms with Gasteiger partial charge in [0.1, 0.15) is 5.76 Å². The van der Waals surface area contributed by atoms with Crippen molar-refractivity contribution in [1.82, 2.24) is 15.0 Å². The van der Waals surface area contributed by atoms with E-state index in [0.29, 0.717) is 18.4 Å². The summed E-state index contributed by atoms with van der Waals surface area (Å²) in [7, 11) is 0. The topological polar surface area (TPSA) is 63.8 Å². The minimum Gasteiger partial charge on any atom is -0.444 e. The summed E-state index contributed by atoms with van der Waals surface area (Å²) in [6.07, 6.45) is 1.69. The number of rotatable bonds is 3. The van der Waals surface area contributed by atoms with Crippen LogP contribution in [0.25, 0.3) is 0 Å². The fourth-order valence-electron chi connectivity index (χ4n) is 1.44. The highest BCUT2D eigenvalue weighted by molar-refractivity contribution is 5.27. The van der Waals surface area contributed by atoms with Gasteiger partial charge in [-0.05, 0) is 26.8 Å². The van der Waals surface area contributed by atoms with Gasteiger partial charge in [0.15, 0.2) is 0 Å². The summed E-state index contributed by atoms with van der Waals surface area (Å²) in [6.45, 7) is 6.24. The molecule has 0 bridgehead atoms. The standard InChI is InChI=1S/C11H14N4O/c1-7-4-8(2)15-11(14-7)13-6-10-12-5-9(3)16-10/h4-5H,6H2,1-3H3,(H,13,14,15). The van der Waals surface area contributed by atoms with Crippen molar-refractivity contribution in [2.45, 2.75) is 27.3 Å². The highest BCUT2D eigenvalue weighted by atomic mass is 16.4. The summed E-state index contributed by atoms with van der Waals surface area (Å²) in [5.41, 5.74) is 1.89. The van der Waals surface area contributed by atoms with Crippen LogP contribution in [-0.2, 0) is 6.54 Å². The van der Waals surface area contributed by atoms with Crippen LogP contribution in [0.2, 0.25) is 0 Å². The van der Waals surface area contributed by atoms with E-state index in [4.69, 9.17) is 4.42 Å². The third-order valence-corrected chi connectivity index (χ3v) is 2.05. The monoisotopic (exact) mass is 218 g/mol. The van der Waals surface area contributed by atoms with E-state index in [1.807, 2.05) is 26.8 Å². The molecule has 2 aromatic heterocycles. The van der Waals surface area contributed by atoms with E-state index in [1.165, 1.54) is 0 Å². The Bertz CT molecular complexity index is 472. The van der Waals surface area contributed by atoms with Gasteiger partial charge in [0.25, 0.3) is 0 Å². The number of aromatic nitrogens is 3. The Balaban J connectivity index is 2.04. The van der Waals surface area contributed by atoms with Crippen molar-refractivity contribution in [2.24, 2.45) is 0 Å². The summed E-state index contributed by atoms with van der Waals surface area (Å²) in [6, 6.07) is 1.93. The molecule has 5 nitrogen and oxygen atoms in total. The third-order valence-electron chi connectivity index (χ3n) is 2.05. The molecule has 16 heavy (non-hydrogen) atoms. The fourth-order valence-corrected chi connectivity index (χ4v) is 1.44. The Morgan fingerprint density at radius 3 is 2.44 bits per heavy atom. The van der Waals surface area contributed by atoms with Gasteiger partial charge in [-0.15, -0.1) is 0 Å². The smallest absolute Gasteiger partial charge is 0.223 e. The first kappa shape index (κ1) is 10.6. The van der Waals surface area contributed by atoms with Gasteiger partial charge >= 0.3 is 0 Å². The summed E-state index contributed by atoms with van der Waals surface area (Å²) in [5, 5.41) is 3.08. The Hall–Kier alpha value is -1.91. The van der Waals surface area contributed by atoms with Gasteiger partial charge < -0.3 is 9.73 Å². The molecular formula is C11H14N4O. The van der Waals surface area contributed by atoms with Crippen molar-refractivity contribution in [1.29, 1.82) is 0 Å². The van der Waals surface area contributed by atoms with Crippen molar-refractivity contribution in [3.63, 3.8) is 0 Å². The molecule has 2 rings (SSSR count). The lowest BCUT2D eigenvalue weighted by molar-refractivity contribution is 0.478. The van der Waals surface area contributed by atoms with E-state index < -0.39 is 0 Å². The highest BCUT2D eigenvalue weighted by Gasteiger charge is 2.02. The van der Waals surface area contributed by atoms with Crippen LogP contribution >= 0.6 is 0 Å². The zero-order chi connectivity index (χ0) is 11.5. The predicted molar refractivity (Wildman–Crippen MR) is 60.1 cm³/mol. The van der Waals surface area contributed by atoms with Gasteiger partial charge in [0.05, 0.1) is 12.7 Å². The van der Waals surface area contributed by atoms with E-state index in [9.17, 15) is 0 Å². The Labute approximate surface area is 94.0 Å². The number of nitrogens with zero attached hydrogens (tertiary/aromatic N) is 3. The van der Waals surface area contributed by atoms with Crippen molar-refractivity contribution in [3.05, 3.63) is 35.3 Å². The molecule has 0 aliphatic rings. The van der Waals surface area contributed by atoms with Gasteiger partial charge in [0, 0.05) is 11.4 Å². The molecule has 2 aromatic rings. The summed E-state index contributed by atoms with van der Waals surface area (Å²) < 4.78 is 5.34. The van der Waals surface area contributed by atoms with E-state index in [1.54, 1.807) is 6.20 Å². The van der Waals surface area contributed by atoms with Crippen LogP contribution in [-0.4, -0.2) is 15.0 Å². The number of nitrogens with one attached hydrogen (secondary N) is 1. The maximum absolute atomic E-state index is 5.34. The molecule has 0 unspecified atom stereocenters. The molecule has 2 heterocycles. The second kappa shape index (κ2) is 4.30. The van der Waals surface area contributed by atoms with Crippen LogP contribution in [0.4, 0.5) is 5.95 Å². The van der Waals surface area contributed by atoms with Gasteiger partial charge in [0.2, 0.25) is 11.8 Å². The van der Waals surface area contributed by atoms with Crippen molar-refractivity contribution in [2.75, 3.05) is 5.32 Å². The van der Waals surface area contributed by atoms with Crippen LogP contribution in [0.3, 0.4) is 0 Å². The van der Waals surface area contributed by atoms with E-state index in [-0.39, 0.29) is 0 Å². The Morgan fingerprint density at radius 1 is 1.19 bits per heavy atom. The molecule has 5 heteroatoms. The Kier molecular flexibility index (Phi) is 2.85. The molecule has 0 fully saturated rings. The van der Waals surface area contributed by atoms with Crippen LogP contribution in [0.15, 0.2) is 16.7 Å². The summed E-state index contributed by atoms with van der Waals surface area (Å²) in [4.78, 5) is 12.6. The molecule has 0 radical (unpaired) electrons. The maximum Gasteiger partial charge on any atom is 0.223 e. The molecule has 0 aliphatic carbocycles. The Morgan fingerprint density at radius 2 is 1.88 bits per heavy atom. The highest BCUT2D eigenvalue weighted by Crippen LogP contribution is 2.06. The van der Waals surface area contributed by atoms with E-state index >= 15 is 0 Å². The van der Waals surface area contributed by atoms with Crippen LogP contribution in [0.1, 0.15) is 23.0 Å². The second-order valence-corrected chi connectivity index (χ2v) is 3.69. The van der Waals surface area contributed by atoms with Gasteiger partial charge in [-0.25, -0.2) is 15.0 Å². The van der Waals surface area contributed by atoms with Crippen molar-refractivity contribution >= 4 is 5.95 Å². The van der Waals surface area contributed by atoms with Crippen LogP contribution < -0.4 is 5.32 Å². The zero-order valence-electron chi connectivity index (χ0n) is 9.61. The normalized spacial score (nSPS) is 10.4. The fraction of sp³-hybridized carbons (Fsp3) is 0.364. The molecule has 0 aromatic carbocycles. The average Bonchev–Trinajstić information content (AvgIpc) is 2.60. The number of hydrogen-bond acceptors (Lipinski definition) is 5. The zero-order valence-corrected chi connectivity index (χ0v) is 9.61. The SMILES string of the molecule is Cc1cc(C)nc(NCc2ncc(C)o2)n1. The van der Waals surface area contributed by atoms with Gasteiger partial charge in [-0.1, -0.05) is 0 Å². The maximum atomic E-state index is 5.34. The molecule has 0 spiro atoms. The third kappa shape index (κ3) is 2.56. The van der Waals surface area contributed by atoms with E-state index in [0.717, 1.165) is 17.1 Å². The number of aryl methyl sites for hydroxylation is 3. The number of anilines is 1. The van der Waals surface area contributed by atoms with Crippen LogP contribution in [0, 0.1) is 20.8 Å². The largest absolute Gasteiger partial charge is 0.444 e. The lowest BCUT2D eigenvalue weighted by atomic mass is 10.4. The lowest BCUT2D eigenvalue weighted by Crippen LogP contribution is -2.05. The molecule has 0 saturated heterocycles. The van der Waals surface area contributed by atoms with Crippen LogP contribution in [0.5, 0.6) is 0 Å². The first-order valence-corrected chi connectivity index (χ1v) is 5.11. The van der Waals surface area contributed by atoms with Crippen molar-refractivity contribution in [3.8, 4) is 0 Å². The van der Waals surface area contributed by atoms with Gasteiger partial charge in [-0.3, -0.25) is 0 Å². The molecule has 84 valence electrons. The lowest BCUT2D eigenvalue weighted by Gasteiger charge is -2.03. The van der Waals surface area contributed by atoms with E-state index in [2.05, 4.69) is 20.3 Å². The first-order chi connectivity index (χ1) is 7.63. The summed E-state index contributed by atoms with van der Waals surface area (Å²) in [5.74, 6) is 2.05. The number of hydrogen-bond donors (Lipinski definition) is 1.